The summed E-state index contributed by atoms with van der Waals surface area (Å²) in [5, 5.41) is 14.8. The molecule has 6 aromatic rings. The van der Waals surface area contributed by atoms with Crippen molar-refractivity contribution < 1.29 is 34.4 Å². The summed E-state index contributed by atoms with van der Waals surface area (Å²) in [5.41, 5.74) is 4.87. The summed E-state index contributed by atoms with van der Waals surface area (Å²) in [7, 11) is 0. The zero-order valence-electron chi connectivity index (χ0n) is 31.8. The summed E-state index contributed by atoms with van der Waals surface area (Å²) in [5.74, 6) is 1.22. The molecule has 0 fully saturated rings. The van der Waals surface area contributed by atoms with Gasteiger partial charge in [0.15, 0.2) is 5.78 Å². The molecule has 0 aliphatic rings. The van der Waals surface area contributed by atoms with E-state index in [2.05, 4.69) is 93.6 Å². The number of benzene rings is 3. The normalized spacial score (nSPS) is 12.5. The number of pyridine rings is 1. The molecular weight excluding hydrogens is 827 g/mol. The number of aromatic nitrogens is 1. The first-order valence-electron chi connectivity index (χ1n) is 18.0. The fraction of sp³-hybridized carbons (Fsp3) is 0.378. The van der Waals surface area contributed by atoms with Gasteiger partial charge in [0, 0.05) is 63.9 Å². The Morgan fingerprint density at radius 2 is 1.53 bits per heavy atom. The van der Waals surface area contributed by atoms with Crippen LogP contribution in [-0.4, -0.2) is 15.9 Å². The van der Waals surface area contributed by atoms with Crippen LogP contribution in [0.5, 0.6) is 0 Å². The Hall–Kier alpha value is -3.57. The van der Waals surface area contributed by atoms with Crippen LogP contribution in [-0.2, 0) is 30.3 Å². The molecule has 0 saturated heterocycles. The number of carbonyl (C=O) groups is 1. The minimum Gasteiger partial charge on any atom is -0.512 e. The third kappa shape index (κ3) is 8.40. The average Bonchev–Trinajstić information content (AvgIpc) is 3.72. The first-order valence-corrected chi connectivity index (χ1v) is 18.8. The molecule has 0 aliphatic carbocycles. The van der Waals surface area contributed by atoms with E-state index in [-0.39, 0.29) is 47.9 Å². The van der Waals surface area contributed by atoms with Gasteiger partial charge >= 0.3 is 0 Å². The number of thiophene rings is 1. The summed E-state index contributed by atoms with van der Waals surface area (Å²) in [6, 6.07) is 27.4. The van der Waals surface area contributed by atoms with Crippen molar-refractivity contribution in [3.8, 4) is 21.7 Å². The van der Waals surface area contributed by atoms with Crippen molar-refractivity contribution in [2.24, 2.45) is 10.8 Å². The van der Waals surface area contributed by atoms with Gasteiger partial charge in [-0.25, -0.2) is 0 Å². The van der Waals surface area contributed by atoms with E-state index in [1.165, 1.54) is 37.6 Å². The minimum absolute atomic E-state index is 0. The van der Waals surface area contributed by atoms with Crippen molar-refractivity contribution in [2.45, 2.75) is 100 Å². The number of fused-ring (bicyclic) bond motifs is 3. The number of hydrogen-bond donors (Lipinski definition) is 1. The van der Waals surface area contributed by atoms with E-state index < -0.39 is 0 Å². The van der Waals surface area contributed by atoms with Crippen LogP contribution in [0.25, 0.3) is 53.5 Å². The Labute approximate surface area is 321 Å². The number of aliphatic hydroxyl groups excluding tert-OH is 1. The van der Waals surface area contributed by atoms with Gasteiger partial charge in [0.05, 0.1) is 0 Å². The average molecular weight is 879 g/mol. The second-order valence-electron chi connectivity index (χ2n) is 15.1. The minimum atomic E-state index is -0.337. The van der Waals surface area contributed by atoms with Gasteiger partial charge in [-0.3, -0.25) is 9.78 Å². The molecule has 0 bridgehead atoms. The fourth-order valence-electron chi connectivity index (χ4n) is 6.30. The van der Waals surface area contributed by atoms with Crippen molar-refractivity contribution in [2.75, 3.05) is 0 Å². The summed E-state index contributed by atoms with van der Waals surface area (Å²) in [4.78, 5) is 18.2. The molecule has 1 radical (unpaired) electrons. The molecule has 0 atom stereocenters. The molecule has 0 amide bonds. The zero-order chi connectivity index (χ0) is 36.4. The van der Waals surface area contributed by atoms with Gasteiger partial charge in [-0.15, -0.1) is 40.5 Å². The van der Waals surface area contributed by atoms with E-state index >= 15 is 0 Å². The topological polar surface area (TPSA) is 63.3 Å². The van der Waals surface area contributed by atoms with Gasteiger partial charge in [0.2, 0.25) is 0 Å². The molecular formula is C45H52IrNO3S-. The first kappa shape index (κ1) is 40.2. The van der Waals surface area contributed by atoms with Crippen molar-refractivity contribution >= 4 is 48.9 Å². The van der Waals surface area contributed by atoms with Crippen LogP contribution >= 0.6 is 11.3 Å². The molecule has 6 rings (SSSR count). The number of carbonyl (C=O) groups excluding carboxylic acids is 1. The first-order chi connectivity index (χ1) is 23.7. The van der Waals surface area contributed by atoms with E-state index in [1.54, 1.807) is 11.3 Å². The van der Waals surface area contributed by atoms with Crippen LogP contribution in [0.1, 0.15) is 99.3 Å². The summed E-state index contributed by atoms with van der Waals surface area (Å²) in [6.45, 7) is 20.9. The fourth-order valence-corrected chi connectivity index (χ4v) is 7.35. The summed E-state index contributed by atoms with van der Waals surface area (Å²) >= 11 is 1.79. The van der Waals surface area contributed by atoms with Crippen LogP contribution in [0.3, 0.4) is 0 Å². The number of furan rings is 1. The van der Waals surface area contributed by atoms with E-state index in [0.717, 1.165) is 59.1 Å². The molecule has 0 spiro atoms. The van der Waals surface area contributed by atoms with Gasteiger partial charge in [0.25, 0.3) is 0 Å². The number of rotatable bonds is 9. The van der Waals surface area contributed by atoms with Gasteiger partial charge in [-0.05, 0) is 73.2 Å². The molecule has 1 N–H and O–H groups in total. The van der Waals surface area contributed by atoms with Crippen molar-refractivity contribution in [1.82, 2.24) is 4.98 Å². The molecule has 271 valence electrons. The maximum atomic E-state index is 12.2. The summed E-state index contributed by atoms with van der Waals surface area (Å²) in [6.07, 6.45) is 6.67. The number of aliphatic hydroxyl groups is 1. The molecule has 0 saturated carbocycles. The smallest absolute Gasteiger partial charge is 0.164 e. The molecule has 51 heavy (non-hydrogen) atoms. The third-order valence-electron chi connectivity index (χ3n) is 10.8. The molecule has 3 aromatic carbocycles. The van der Waals surface area contributed by atoms with Crippen LogP contribution in [0.15, 0.2) is 89.2 Å². The van der Waals surface area contributed by atoms with Crippen molar-refractivity contribution in [3.05, 3.63) is 102 Å². The maximum Gasteiger partial charge on any atom is 0.164 e. The van der Waals surface area contributed by atoms with E-state index in [4.69, 9.17) is 9.40 Å². The van der Waals surface area contributed by atoms with Gasteiger partial charge in [-0.2, -0.15) is 0 Å². The van der Waals surface area contributed by atoms with Crippen LogP contribution < -0.4 is 0 Å². The molecule has 3 aromatic heterocycles. The van der Waals surface area contributed by atoms with Crippen molar-refractivity contribution in [1.29, 1.82) is 0 Å². The van der Waals surface area contributed by atoms with Gasteiger partial charge < -0.3 is 9.52 Å². The Kier molecular flexibility index (Phi) is 12.6. The van der Waals surface area contributed by atoms with Gasteiger partial charge in [0.1, 0.15) is 17.1 Å². The number of ketones is 1. The Morgan fingerprint density at radius 3 is 2.18 bits per heavy atom. The largest absolute Gasteiger partial charge is 0.512 e. The quantitative estimate of drug-likeness (QED) is 0.0893. The predicted molar refractivity (Wildman–Crippen MR) is 213 cm³/mol. The number of hydrogen-bond acceptors (Lipinski definition) is 5. The van der Waals surface area contributed by atoms with E-state index in [0.29, 0.717) is 0 Å². The van der Waals surface area contributed by atoms with Crippen LogP contribution in [0.4, 0.5) is 0 Å². The molecule has 0 aliphatic heterocycles. The SMILES string of the molecule is CCC(C)(CC)C(=O)/C=C(\O)C(C)(CC)CC.Cc1cc2ccc(-c3cc4c(-c5[c-]c6ccccc6c(C(C)(C)C)c5)nccc4s3)cc2o1.[Ir]. The van der Waals surface area contributed by atoms with E-state index in [1.807, 2.05) is 54.7 Å². The number of allylic oxidation sites excluding steroid dienone is 2. The Bertz CT molecular complexity index is 2170. The third-order valence-corrected chi connectivity index (χ3v) is 12.0. The number of nitrogens with zero attached hydrogens (tertiary/aromatic N) is 1. The standard InChI is InChI=1S/C30H24NOS.C15H28O2.Ir/c1-18-13-20-9-10-21(16-26(20)32-18)28-17-24-27(33-28)11-12-31-29(24)22-14-19-7-5-6-8-23(19)25(15-22)30(2,3)4;1-7-14(5,8-2)12(16)11-13(17)15(6,9-3)10-4;/h5-13,15-17H,1-4H3;11,16H,7-10H2,1-6H3;/q-1;;/b;12-11-;. The summed E-state index contributed by atoms with van der Waals surface area (Å²) < 4.78 is 7.10. The second kappa shape index (κ2) is 16.0. The number of aryl methyl sites for hydroxylation is 1. The molecule has 0 unspecified atom stereocenters. The Morgan fingerprint density at radius 1 is 0.863 bits per heavy atom. The second-order valence-corrected chi connectivity index (χ2v) is 16.2. The monoisotopic (exact) mass is 879 g/mol. The maximum absolute atomic E-state index is 12.2. The van der Waals surface area contributed by atoms with Crippen molar-refractivity contribution in [3.63, 3.8) is 0 Å². The molecule has 4 nitrogen and oxygen atoms in total. The Balaban J connectivity index is 0.000000279. The predicted octanol–water partition coefficient (Wildman–Crippen LogP) is 13.6. The van der Waals surface area contributed by atoms with Gasteiger partial charge in [-0.1, -0.05) is 104 Å². The van der Waals surface area contributed by atoms with Crippen LogP contribution in [0, 0.1) is 23.8 Å². The molecule has 6 heteroatoms. The molecule has 3 heterocycles. The zero-order valence-corrected chi connectivity index (χ0v) is 35.0. The van der Waals surface area contributed by atoms with Crippen LogP contribution in [0.2, 0.25) is 0 Å². The van der Waals surface area contributed by atoms with E-state index in [9.17, 15) is 9.90 Å².